The molecule has 4 heterocycles. The zero-order chi connectivity index (χ0) is 34.9. The van der Waals surface area contributed by atoms with Crippen molar-refractivity contribution in [3.05, 3.63) is 188 Å². The van der Waals surface area contributed by atoms with Crippen molar-refractivity contribution in [1.29, 1.82) is 0 Å². The van der Waals surface area contributed by atoms with Crippen LogP contribution >= 0.6 is 0 Å². The third-order valence-corrected chi connectivity index (χ3v) is 10.4. The van der Waals surface area contributed by atoms with Gasteiger partial charge in [-0.2, -0.15) is 0 Å². The molecule has 11 rings (SSSR count). The average Bonchev–Trinajstić information content (AvgIpc) is 3.87. The summed E-state index contributed by atoms with van der Waals surface area (Å²) < 4.78 is 7.13. The number of para-hydroxylation sites is 4. The Bertz CT molecular complexity index is 3040. The van der Waals surface area contributed by atoms with Crippen LogP contribution in [0.25, 0.3) is 94.5 Å². The summed E-state index contributed by atoms with van der Waals surface area (Å²) in [6, 6.07) is 66.5. The van der Waals surface area contributed by atoms with Gasteiger partial charge >= 0.3 is 0 Å². The highest BCUT2D eigenvalue weighted by Gasteiger charge is 2.24. The van der Waals surface area contributed by atoms with E-state index in [1.54, 1.807) is 0 Å². The van der Waals surface area contributed by atoms with Crippen LogP contribution in [0.2, 0.25) is 0 Å². The minimum atomic E-state index is 0.684. The third-order valence-electron chi connectivity index (χ3n) is 10.4. The molecule has 0 atom stereocenters. The Hall–Kier alpha value is -7.24. The van der Waals surface area contributed by atoms with Gasteiger partial charge in [0.15, 0.2) is 5.82 Å². The van der Waals surface area contributed by atoms with Crippen LogP contribution < -0.4 is 0 Å². The number of hydrogen-bond donors (Lipinski definition) is 0. The van der Waals surface area contributed by atoms with Crippen molar-refractivity contribution >= 4 is 54.6 Å². The van der Waals surface area contributed by atoms with Crippen LogP contribution in [-0.4, -0.2) is 23.7 Å². The SMILES string of the molecule is c1ccc(-c2cc(-n3c4ccccc4c4c5cc(-n6c7ccccc7c7ccccc76)ccc5n(-c5ccccc5)c43)nc(-c3ccccc3)n2)cc1. The summed E-state index contributed by atoms with van der Waals surface area (Å²) in [5.41, 5.74) is 10.8. The minimum Gasteiger partial charge on any atom is -0.309 e. The first-order valence-corrected chi connectivity index (χ1v) is 17.9. The van der Waals surface area contributed by atoms with Crippen LogP contribution in [-0.2, 0) is 0 Å². The summed E-state index contributed by atoms with van der Waals surface area (Å²) in [5, 5.41) is 6.03. The fourth-order valence-corrected chi connectivity index (χ4v) is 8.17. The Morgan fingerprint density at radius 1 is 0.340 bits per heavy atom. The maximum absolute atomic E-state index is 5.34. The van der Waals surface area contributed by atoms with Gasteiger partial charge in [0.05, 0.1) is 27.8 Å². The number of rotatable bonds is 5. The molecule has 0 fully saturated rings. The molecule has 0 saturated heterocycles. The Kier molecular flexibility index (Phi) is 6.48. The predicted molar refractivity (Wildman–Crippen MR) is 218 cm³/mol. The molecule has 0 N–H and O–H groups in total. The molecule has 0 radical (unpaired) electrons. The normalized spacial score (nSPS) is 11.8. The third kappa shape index (κ3) is 4.51. The van der Waals surface area contributed by atoms with E-state index in [-0.39, 0.29) is 0 Å². The van der Waals surface area contributed by atoms with Gasteiger partial charge in [-0.05, 0) is 48.5 Å². The van der Waals surface area contributed by atoms with E-state index in [1.807, 2.05) is 24.3 Å². The lowest BCUT2D eigenvalue weighted by Gasteiger charge is -2.15. The van der Waals surface area contributed by atoms with Crippen LogP contribution in [0.5, 0.6) is 0 Å². The van der Waals surface area contributed by atoms with Crippen molar-refractivity contribution in [3.63, 3.8) is 0 Å². The zero-order valence-electron chi connectivity index (χ0n) is 28.6. The van der Waals surface area contributed by atoms with Crippen LogP contribution in [0.1, 0.15) is 0 Å². The van der Waals surface area contributed by atoms with Gasteiger partial charge in [-0.3, -0.25) is 9.13 Å². The monoisotopic (exact) mass is 677 g/mol. The standard InChI is InChI=1S/C48H31N5/c1-4-16-32(17-5-1)40-31-45(50-47(49-40)33-18-6-2-7-19-33)53-43-27-15-12-24-38(43)46-39-30-35(28-29-44(39)52(48(46)53)34-20-8-3-9-21-34)51-41-25-13-10-22-36(41)37-23-11-14-26-42(37)51/h1-31H. The number of fused-ring (bicyclic) bond motifs is 8. The van der Waals surface area contributed by atoms with Crippen molar-refractivity contribution < 1.29 is 0 Å². The molecule has 0 amide bonds. The quantitative estimate of drug-likeness (QED) is 0.182. The largest absolute Gasteiger partial charge is 0.309 e. The van der Waals surface area contributed by atoms with Crippen molar-refractivity contribution in [1.82, 2.24) is 23.7 Å². The molecule has 0 spiro atoms. The average molecular weight is 678 g/mol. The molecule has 11 aromatic rings. The molecule has 4 aromatic heterocycles. The second-order valence-electron chi connectivity index (χ2n) is 13.5. The molecule has 248 valence electrons. The Balaban J connectivity index is 1.28. The molecule has 5 heteroatoms. The molecule has 53 heavy (non-hydrogen) atoms. The first-order valence-electron chi connectivity index (χ1n) is 17.9. The smallest absolute Gasteiger partial charge is 0.162 e. The van der Waals surface area contributed by atoms with Crippen LogP contribution in [0.4, 0.5) is 0 Å². The summed E-state index contributed by atoms with van der Waals surface area (Å²) in [5.74, 6) is 1.50. The summed E-state index contributed by atoms with van der Waals surface area (Å²) in [6.45, 7) is 0. The Morgan fingerprint density at radius 3 is 1.53 bits per heavy atom. The fourth-order valence-electron chi connectivity index (χ4n) is 8.17. The first-order chi connectivity index (χ1) is 26.3. The molecule has 0 bridgehead atoms. The molecule has 0 aliphatic carbocycles. The van der Waals surface area contributed by atoms with Gasteiger partial charge in [0.1, 0.15) is 11.5 Å². The van der Waals surface area contributed by atoms with Crippen LogP contribution in [0.3, 0.4) is 0 Å². The molecule has 0 unspecified atom stereocenters. The van der Waals surface area contributed by atoms with Gasteiger partial charge in [-0.1, -0.05) is 133 Å². The minimum absolute atomic E-state index is 0.684. The van der Waals surface area contributed by atoms with E-state index in [9.17, 15) is 0 Å². The van der Waals surface area contributed by atoms with Crippen molar-refractivity contribution in [2.45, 2.75) is 0 Å². The van der Waals surface area contributed by atoms with Crippen molar-refractivity contribution in [2.75, 3.05) is 0 Å². The van der Waals surface area contributed by atoms with E-state index >= 15 is 0 Å². The van der Waals surface area contributed by atoms with Gasteiger partial charge in [0, 0.05) is 55.5 Å². The van der Waals surface area contributed by atoms with E-state index in [4.69, 9.17) is 9.97 Å². The predicted octanol–water partition coefficient (Wildman–Crippen LogP) is 11.9. The summed E-state index contributed by atoms with van der Waals surface area (Å²) in [6.07, 6.45) is 0. The molecule has 5 nitrogen and oxygen atoms in total. The molecule has 0 aliphatic rings. The van der Waals surface area contributed by atoms with Gasteiger partial charge in [0.2, 0.25) is 0 Å². The van der Waals surface area contributed by atoms with Crippen molar-refractivity contribution in [3.8, 4) is 39.8 Å². The van der Waals surface area contributed by atoms with E-state index in [0.29, 0.717) is 5.82 Å². The Labute approximate surface area is 305 Å². The van der Waals surface area contributed by atoms with E-state index in [1.165, 1.54) is 38.0 Å². The number of hydrogen-bond acceptors (Lipinski definition) is 2. The Morgan fingerprint density at radius 2 is 0.868 bits per heavy atom. The van der Waals surface area contributed by atoms with E-state index in [0.717, 1.165) is 50.7 Å². The van der Waals surface area contributed by atoms with Crippen LogP contribution in [0, 0.1) is 0 Å². The summed E-state index contributed by atoms with van der Waals surface area (Å²) >= 11 is 0. The molecule has 0 aliphatic heterocycles. The van der Waals surface area contributed by atoms with E-state index in [2.05, 4.69) is 177 Å². The zero-order valence-corrected chi connectivity index (χ0v) is 28.6. The summed E-state index contributed by atoms with van der Waals surface area (Å²) in [4.78, 5) is 10.5. The van der Waals surface area contributed by atoms with Gasteiger partial charge in [-0.25, -0.2) is 9.97 Å². The fraction of sp³-hybridized carbons (Fsp3) is 0. The molecular formula is C48H31N5. The maximum atomic E-state index is 5.34. The van der Waals surface area contributed by atoms with Crippen LogP contribution in [0.15, 0.2) is 188 Å². The van der Waals surface area contributed by atoms with Gasteiger partial charge < -0.3 is 4.57 Å². The lowest BCUT2D eigenvalue weighted by atomic mass is 10.1. The number of aromatic nitrogens is 5. The van der Waals surface area contributed by atoms with Gasteiger partial charge in [-0.15, -0.1) is 0 Å². The second kappa shape index (κ2) is 11.7. The highest BCUT2D eigenvalue weighted by Crippen LogP contribution is 2.42. The topological polar surface area (TPSA) is 40.6 Å². The first kappa shape index (κ1) is 29.5. The number of nitrogens with zero attached hydrogens (tertiary/aromatic N) is 5. The molecule has 0 saturated carbocycles. The van der Waals surface area contributed by atoms with Gasteiger partial charge in [0.25, 0.3) is 0 Å². The lowest BCUT2D eigenvalue weighted by Crippen LogP contribution is -2.05. The summed E-state index contributed by atoms with van der Waals surface area (Å²) in [7, 11) is 0. The molecule has 7 aromatic carbocycles. The second-order valence-corrected chi connectivity index (χ2v) is 13.5. The highest BCUT2D eigenvalue weighted by atomic mass is 15.2. The number of benzene rings is 7. The lowest BCUT2D eigenvalue weighted by molar-refractivity contribution is 1.01. The molecular weight excluding hydrogens is 647 g/mol. The van der Waals surface area contributed by atoms with E-state index < -0.39 is 0 Å². The maximum Gasteiger partial charge on any atom is 0.162 e. The van der Waals surface area contributed by atoms with Crippen molar-refractivity contribution in [2.24, 2.45) is 0 Å². The highest BCUT2D eigenvalue weighted by molar-refractivity contribution is 6.23.